The molecule has 276 valence electrons. The van der Waals surface area contributed by atoms with Crippen LogP contribution in [0.2, 0.25) is 0 Å². The van der Waals surface area contributed by atoms with Crippen LogP contribution in [-0.2, 0) is 21.3 Å². The maximum atomic E-state index is 14.5. The third-order valence-electron chi connectivity index (χ3n) is 9.97. The number of aromatic nitrogens is 4. The minimum absolute atomic E-state index is 0.0705. The van der Waals surface area contributed by atoms with Crippen molar-refractivity contribution in [2.45, 2.75) is 84.8 Å². The van der Waals surface area contributed by atoms with Crippen LogP contribution in [0.25, 0.3) is 11.3 Å². The van der Waals surface area contributed by atoms with Gasteiger partial charge in [0.1, 0.15) is 12.4 Å². The number of fused-ring (bicyclic) bond motifs is 4. The van der Waals surface area contributed by atoms with Crippen LogP contribution in [0, 0.1) is 24.7 Å². The average Bonchev–Trinajstić information content (AvgIpc) is 3.38. The van der Waals surface area contributed by atoms with E-state index in [4.69, 9.17) is 19.4 Å². The number of methoxy groups -OCH3 is 1. The van der Waals surface area contributed by atoms with Crippen LogP contribution in [0.1, 0.15) is 74.8 Å². The molecule has 1 amide bonds. The number of rotatable bonds is 7. The molecule has 0 radical (unpaired) electrons. The van der Waals surface area contributed by atoms with E-state index in [1.807, 2.05) is 44.4 Å². The first-order chi connectivity index (χ1) is 24.5. The Morgan fingerprint density at radius 3 is 2.38 bits per heavy atom. The second-order valence-electron chi connectivity index (χ2n) is 15.7. The van der Waals surface area contributed by atoms with E-state index in [1.54, 1.807) is 30.2 Å². The van der Waals surface area contributed by atoms with E-state index in [-0.39, 0.29) is 58.2 Å². The molecule has 4 heterocycles. The second kappa shape index (κ2) is 14.4. The van der Waals surface area contributed by atoms with E-state index in [1.165, 1.54) is 12.1 Å². The molecule has 2 aromatic carbocycles. The lowest BCUT2D eigenvalue weighted by Gasteiger charge is -2.35. The van der Waals surface area contributed by atoms with Crippen LogP contribution in [0.4, 0.5) is 11.6 Å². The second-order valence-corrected chi connectivity index (χ2v) is 17.4. The van der Waals surface area contributed by atoms with E-state index < -0.39 is 16.1 Å². The average molecular weight is 728 g/mol. The van der Waals surface area contributed by atoms with Crippen molar-refractivity contribution < 1.29 is 22.7 Å². The highest BCUT2D eigenvalue weighted by Gasteiger charge is 2.41. The summed E-state index contributed by atoms with van der Waals surface area (Å²) >= 11 is 0. The molecule has 2 aliphatic rings. The third-order valence-corrected chi connectivity index (χ3v) is 11.3. The fraction of sp³-hybridized carbons (Fsp3) is 0.462. The highest BCUT2D eigenvalue weighted by molar-refractivity contribution is 7.92. The van der Waals surface area contributed by atoms with Gasteiger partial charge in [0.05, 0.1) is 53.9 Å². The number of benzene rings is 2. The largest absolute Gasteiger partial charge is 0.475 e. The first-order valence-corrected chi connectivity index (χ1v) is 19.1. The molecule has 2 atom stereocenters. The summed E-state index contributed by atoms with van der Waals surface area (Å²) < 4.78 is 42.0. The molecule has 4 bridgehead atoms. The van der Waals surface area contributed by atoms with Crippen LogP contribution < -0.4 is 14.4 Å². The summed E-state index contributed by atoms with van der Waals surface area (Å²) in [7, 11) is -2.47. The number of aryl methyl sites for hydroxylation is 2. The summed E-state index contributed by atoms with van der Waals surface area (Å²) in [6.07, 6.45) is 5.20. The molecule has 1 N–H and O–H groups in total. The van der Waals surface area contributed by atoms with Crippen molar-refractivity contribution in [2.75, 3.05) is 36.5 Å². The molecule has 4 aromatic rings. The van der Waals surface area contributed by atoms with Crippen molar-refractivity contribution in [3.63, 3.8) is 0 Å². The van der Waals surface area contributed by atoms with Crippen molar-refractivity contribution in [1.29, 1.82) is 0 Å². The maximum Gasteiger partial charge on any atom is 0.264 e. The van der Waals surface area contributed by atoms with Crippen LogP contribution >= 0.6 is 0 Å². The molecule has 0 spiro atoms. The number of carbonyl (C=O) groups excluding carboxylic acids is 1. The van der Waals surface area contributed by atoms with Gasteiger partial charge in [-0.15, -0.1) is 0 Å². The molecule has 12 nitrogen and oxygen atoms in total. The van der Waals surface area contributed by atoms with Crippen LogP contribution in [0.5, 0.6) is 5.88 Å². The van der Waals surface area contributed by atoms with Crippen molar-refractivity contribution in [2.24, 2.45) is 10.8 Å². The monoisotopic (exact) mass is 727 g/mol. The van der Waals surface area contributed by atoms with Gasteiger partial charge in [-0.25, -0.2) is 28.1 Å². The molecule has 1 unspecified atom stereocenters. The number of sulfonamides is 1. The summed E-state index contributed by atoms with van der Waals surface area (Å²) in [5, 5.41) is 0. The molecule has 2 aromatic heterocycles. The Kier molecular flexibility index (Phi) is 10.3. The summed E-state index contributed by atoms with van der Waals surface area (Å²) in [6.45, 7) is 16.4. The van der Waals surface area contributed by atoms with Gasteiger partial charge in [0.2, 0.25) is 11.8 Å². The predicted octanol–water partition coefficient (Wildman–Crippen LogP) is 6.44. The van der Waals surface area contributed by atoms with Gasteiger partial charge in [-0.2, -0.15) is 4.98 Å². The van der Waals surface area contributed by atoms with E-state index >= 15 is 0 Å². The standard InChI is InChI=1S/C39H49N7O5S/c1-25-11-9-12-26(2)35(25)31-18-34-43-37(42-31)44-52(48,49)30-14-10-13-27(17-30)36(47)46(28(23-51-34)19-38(3,4)5)22-33-40-20-29(21-41-33)45-16-15-39(6,7)32(45)24-50-8/h9-14,17-18,20-21,28,32H,15-16,19,22-24H2,1-8H3,(H,42,43,44)/t28-,32?/m1/s1. The zero-order chi connectivity index (χ0) is 37.4. The molecule has 2 aliphatic heterocycles. The fourth-order valence-electron chi connectivity index (χ4n) is 7.21. The number of ether oxygens (including phenoxy) is 2. The topological polar surface area (TPSA) is 140 Å². The molecule has 0 aliphatic carbocycles. The highest BCUT2D eigenvalue weighted by atomic mass is 32.2. The Morgan fingerprint density at radius 2 is 1.71 bits per heavy atom. The predicted molar refractivity (Wildman–Crippen MR) is 201 cm³/mol. The van der Waals surface area contributed by atoms with Gasteiger partial charge >= 0.3 is 0 Å². The number of carbonyl (C=O) groups is 1. The molecular weight excluding hydrogens is 679 g/mol. The summed E-state index contributed by atoms with van der Waals surface area (Å²) in [5.41, 5.74) is 4.29. The van der Waals surface area contributed by atoms with Gasteiger partial charge in [-0.1, -0.05) is 58.9 Å². The van der Waals surface area contributed by atoms with E-state index in [2.05, 4.69) is 54.2 Å². The highest BCUT2D eigenvalue weighted by Crippen LogP contribution is 2.39. The van der Waals surface area contributed by atoms with E-state index in [0.29, 0.717) is 24.5 Å². The van der Waals surface area contributed by atoms with E-state index in [9.17, 15) is 13.2 Å². The van der Waals surface area contributed by atoms with Gasteiger partial charge in [-0.05, 0) is 66.8 Å². The number of anilines is 2. The van der Waals surface area contributed by atoms with Gasteiger partial charge in [0.25, 0.3) is 15.9 Å². The lowest BCUT2D eigenvalue weighted by atomic mass is 9.85. The van der Waals surface area contributed by atoms with Crippen molar-refractivity contribution in [3.05, 3.63) is 83.4 Å². The molecule has 52 heavy (non-hydrogen) atoms. The smallest absolute Gasteiger partial charge is 0.264 e. The van der Waals surface area contributed by atoms with Gasteiger partial charge in [0, 0.05) is 30.8 Å². The zero-order valence-electron chi connectivity index (χ0n) is 31.3. The molecule has 0 saturated carbocycles. The molecule has 6 rings (SSSR count). The van der Waals surface area contributed by atoms with Crippen LogP contribution in [-0.4, -0.2) is 78.1 Å². The third kappa shape index (κ3) is 8.05. The Morgan fingerprint density at radius 1 is 1.02 bits per heavy atom. The minimum atomic E-state index is -4.19. The van der Waals surface area contributed by atoms with Crippen molar-refractivity contribution in [3.8, 4) is 17.1 Å². The Hall–Kier alpha value is -4.62. The lowest BCUT2D eigenvalue weighted by Crippen LogP contribution is -2.45. The van der Waals surface area contributed by atoms with Gasteiger partial charge in [-0.3, -0.25) is 4.79 Å². The first kappa shape index (κ1) is 37.1. The normalized spacial score (nSPS) is 20.0. The van der Waals surface area contributed by atoms with Gasteiger partial charge < -0.3 is 19.3 Å². The zero-order valence-corrected chi connectivity index (χ0v) is 32.1. The minimum Gasteiger partial charge on any atom is -0.475 e. The summed E-state index contributed by atoms with van der Waals surface area (Å²) in [5.74, 6) is 0.145. The number of amides is 1. The Labute approximate surface area is 307 Å². The number of nitrogens with zero attached hydrogens (tertiary/aromatic N) is 6. The Bertz CT molecular complexity index is 2030. The number of hydrogen-bond acceptors (Lipinski definition) is 10. The first-order valence-electron chi connectivity index (χ1n) is 17.6. The van der Waals surface area contributed by atoms with Crippen molar-refractivity contribution in [1.82, 2.24) is 24.8 Å². The number of hydrogen-bond donors (Lipinski definition) is 1. The molecular formula is C39H49N7O5S. The Balaban J connectivity index is 1.41. The maximum absolute atomic E-state index is 14.5. The van der Waals surface area contributed by atoms with Crippen LogP contribution in [0.3, 0.4) is 0 Å². The molecule has 1 saturated heterocycles. The van der Waals surface area contributed by atoms with E-state index in [0.717, 1.165) is 35.3 Å². The number of nitrogens with one attached hydrogen (secondary N) is 1. The van der Waals surface area contributed by atoms with Crippen molar-refractivity contribution >= 4 is 27.6 Å². The summed E-state index contributed by atoms with van der Waals surface area (Å²) in [4.78, 5) is 37.0. The SMILES string of the molecule is COCC1N(c2cnc(CN3C(=O)c4cccc(c4)S(=O)(=O)Nc4nc(cc(-c5c(C)cccc5C)n4)OC[C@H]3CC(C)(C)C)nc2)CCC1(C)C. The lowest BCUT2D eigenvalue weighted by molar-refractivity contribution is 0.0505. The summed E-state index contributed by atoms with van der Waals surface area (Å²) in [6, 6.07) is 13.4. The molecule has 1 fully saturated rings. The fourth-order valence-corrected chi connectivity index (χ4v) is 8.20. The molecule has 13 heteroatoms. The van der Waals surface area contributed by atoms with Gasteiger partial charge in [0.15, 0.2) is 0 Å². The quantitative estimate of drug-likeness (QED) is 0.226. The van der Waals surface area contributed by atoms with Crippen LogP contribution in [0.15, 0.2) is 65.8 Å².